The molecule has 9 heteroatoms. The van der Waals surface area contributed by atoms with Gasteiger partial charge in [0, 0.05) is 17.3 Å². The Bertz CT molecular complexity index is 1350. The average Bonchev–Trinajstić information content (AvgIpc) is 3.20. The van der Waals surface area contributed by atoms with Gasteiger partial charge in [-0.15, -0.1) is 0 Å². The van der Waals surface area contributed by atoms with Gasteiger partial charge in [-0.3, -0.25) is 19.5 Å². The van der Waals surface area contributed by atoms with Crippen LogP contribution in [0, 0.1) is 0 Å². The molecule has 2 aliphatic rings. The second-order valence-electron chi connectivity index (χ2n) is 8.49. The zero-order valence-corrected chi connectivity index (χ0v) is 20.5. The van der Waals surface area contributed by atoms with Gasteiger partial charge in [0.05, 0.1) is 27.7 Å². The van der Waals surface area contributed by atoms with E-state index in [1.165, 1.54) is 18.2 Å². The van der Waals surface area contributed by atoms with Crippen molar-refractivity contribution in [2.75, 3.05) is 30.3 Å². The van der Waals surface area contributed by atoms with E-state index in [9.17, 15) is 9.59 Å². The number of nitrogens with one attached hydrogen (secondary N) is 2. The first-order valence-electron chi connectivity index (χ1n) is 11.5. The molecule has 3 aromatic rings. The first kappa shape index (κ1) is 23.5. The Morgan fingerprint density at radius 1 is 1.11 bits per heavy atom. The van der Waals surface area contributed by atoms with Crippen molar-refractivity contribution in [2.24, 2.45) is 4.99 Å². The smallest absolute Gasteiger partial charge is 0.286 e. The fourth-order valence-corrected chi connectivity index (χ4v) is 5.12. The fraction of sp³-hybridized carbons (Fsp3) is 0.231. The van der Waals surface area contributed by atoms with Gasteiger partial charge in [-0.05, 0) is 85.7 Å². The molecule has 178 valence electrons. The Morgan fingerprint density at radius 3 is 2.83 bits per heavy atom. The summed E-state index contributed by atoms with van der Waals surface area (Å²) in [5, 5.41) is 7.97. The number of aliphatic imine (C=N–C) groups is 1. The third kappa shape index (κ3) is 5.90. The molecule has 2 N–H and O–H groups in total. The molecule has 2 aromatic carbocycles. The number of anilines is 2. The first-order valence-corrected chi connectivity index (χ1v) is 12.7. The maximum Gasteiger partial charge on any atom is 0.286 e. The molecule has 0 atom stereocenters. The summed E-state index contributed by atoms with van der Waals surface area (Å²) in [5.41, 5.74) is 3.00. The molecule has 0 radical (unpaired) electrons. The van der Waals surface area contributed by atoms with Crippen molar-refractivity contribution >= 4 is 68.7 Å². The number of nitrogens with zero attached hydrogens (tertiary/aromatic N) is 3. The lowest BCUT2D eigenvalue weighted by Gasteiger charge is -2.25. The SMILES string of the molecule is O=C(CN1CCCCC1)Nc1ccc(Cl)c(NC2=NC(=O)C(=Cc3ccc4ncccc4c3)S2)c1. The van der Waals surface area contributed by atoms with Crippen LogP contribution in [0.3, 0.4) is 0 Å². The van der Waals surface area contributed by atoms with Gasteiger partial charge in [-0.1, -0.05) is 30.2 Å². The number of pyridine rings is 1. The number of hydrogen-bond acceptors (Lipinski definition) is 6. The molecule has 3 heterocycles. The maximum absolute atomic E-state index is 12.5. The zero-order chi connectivity index (χ0) is 24.2. The minimum absolute atomic E-state index is 0.0567. The highest BCUT2D eigenvalue weighted by Gasteiger charge is 2.23. The van der Waals surface area contributed by atoms with Crippen LogP contribution in [0.5, 0.6) is 0 Å². The first-order chi connectivity index (χ1) is 17.0. The number of fused-ring (bicyclic) bond motifs is 1. The summed E-state index contributed by atoms with van der Waals surface area (Å²) in [7, 11) is 0. The largest absolute Gasteiger partial charge is 0.333 e. The van der Waals surface area contributed by atoms with Crippen molar-refractivity contribution in [1.82, 2.24) is 9.88 Å². The van der Waals surface area contributed by atoms with Crippen molar-refractivity contribution in [3.8, 4) is 0 Å². The lowest BCUT2D eigenvalue weighted by molar-refractivity contribution is -0.117. The number of hydrogen-bond donors (Lipinski definition) is 2. The Morgan fingerprint density at radius 2 is 1.97 bits per heavy atom. The topological polar surface area (TPSA) is 86.7 Å². The van der Waals surface area contributed by atoms with Crippen LogP contribution in [0.25, 0.3) is 17.0 Å². The van der Waals surface area contributed by atoms with Gasteiger partial charge in [-0.2, -0.15) is 4.99 Å². The summed E-state index contributed by atoms with van der Waals surface area (Å²) in [6.45, 7) is 2.29. The van der Waals surface area contributed by atoms with E-state index >= 15 is 0 Å². The summed E-state index contributed by atoms with van der Waals surface area (Å²) in [5.74, 6) is -0.371. The number of benzene rings is 2. The van der Waals surface area contributed by atoms with E-state index in [0.29, 0.717) is 33.0 Å². The van der Waals surface area contributed by atoms with E-state index in [4.69, 9.17) is 11.6 Å². The summed E-state index contributed by atoms with van der Waals surface area (Å²) in [4.78, 5) is 36.1. The van der Waals surface area contributed by atoms with Crippen LogP contribution in [0.4, 0.5) is 11.4 Å². The number of amidine groups is 1. The molecule has 2 amide bonds. The molecule has 1 fully saturated rings. The monoisotopic (exact) mass is 505 g/mol. The number of carbonyl (C=O) groups excluding carboxylic acids is 2. The summed E-state index contributed by atoms with van der Waals surface area (Å²) >= 11 is 7.62. The quantitative estimate of drug-likeness (QED) is 0.452. The van der Waals surface area contributed by atoms with Gasteiger partial charge < -0.3 is 10.6 Å². The molecule has 0 unspecified atom stereocenters. The van der Waals surface area contributed by atoms with E-state index in [1.54, 1.807) is 24.4 Å². The maximum atomic E-state index is 12.5. The van der Waals surface area contributed by atoms with E-state index in [2.05, 4.69) is 25.5 Å². The van der Waals surface area contributed by atoms with Crippen molar-refractivity contribution in [2.45, 2.75) is 19.3 Å². The van der Waals surface area contributed by atoms with Gasteiger partial charge in [0.25, 0.3) is 5.91 Å². The van der Waals surface area contributed by atoms with E-state index in [-0.39, 0.29) is 11.8 Å². The summed E-state index contributed by atoms with van der Waals surface area (Å²) < 4.78 is 0. The van der Waals surface area contributed by atoms with Crippen LogP contribution in [-0.2, 0) is 9.59 Å². The number of thioether (sulfide) groups is 1. The molecule has 0 spiro atoms. The molecular formula is C26H24ClN5O2S. The van der Waals surface area contributed by atoms with E-state index in [1.807, 2.05) is 36.4 Å². The predicted molar refractivity (Wildman–Crippen MR) is 144 cm³/mol. The molecule has 7 nitrogen and oxygen atoms in total. The lowest BCUT2D eigenvalue weighted by atomic mass is 10.1. The number of carbonyl (C=O) groups is 2. The number of rotatable bonds is 5. The van der Waals surface area contributed by atoms with Crippen molar-refractivity contribution in [3.63, 3.8) is 0 Å². The number of amides is 2. The fourth-order valence-electron chi connectivity index (χ4n) is 4.13. The summed E-state index contributed by atoms with van der Waals surface area (Å²) in [6, 6.07) is 14.9. The normalized spacial score (nSPS) is 17.6. The standard InChI is InChI=1S/C26H24ClN5O2S/c27-20-8-7-19(29-24(33)16-32-11-2-1-3-12-32)15-22(20)30-26-31-25(34)23(35-26)14-17-6-9-21-18(13-17)5-4-10-28-21/h4-10,13-15H,1-3,11-12,16H2,(H,29,33)(H,30,31,34). The molecule has 35 heavy (non-hydrogen) atoms. The molecule has 0 bridgehead atoms. The molecule has 1 saturated heterocycles. The summed E-state index contributed by atoms with van der Waals surface area (Å²) in [6.07, 6.45) is 7.06. The highest BCUT2D eigenvalue weighted by molar-refractivity contribution is 8.18. The second kappa shape index (κ2) is 10.6. The number of piperidine rings is 1. The molecular weight excluding hydrogens is 482 g/mol. The average molecular weight is 506 g/mol. The van der Waals surface area contributed by atoms with Crippen LogP contribution in [0.2, 0.25) is 5.02 Å². The Balaban J connectivity index is 1.25. The molecule has 1 aromatic heterocycles. The number of halogens is 1. The van der Waals surface area contributed by atoms with Crippen LogP contribution >= 0.6 is 23.4 Å². The minimum atomic E-state index is -0.314. The lowest BCUT2D eigenvalue weighted by Crippen LogP contribution is -2.36. The van der Waals surface area contributed by atoms with Gasteiger partial charge in [0.1, 0.15) is 0 Å². The zero-order valence-electron chi connectivity index (χ0n) is 19.0. The van der Waals surface area contributed by atoms with Crippen molar-refractivity contribution in [1.29, 1.82) is 0 Å². The Labute approximate surface area is 212 Å². The van der Waals surface area contributed by atoms with Crippen molar-refractivity contribution < 1.29 is 9.59 Å². The second-order valence-corrected chi connectivity index (χ2v) is 9.93. The molecule has 5 rings (SSSR count). The van der Waals surface area contributed by atoms with Gasteiger partial charge in [0.2, 0.25) is 5.91 Å². The van der Waals surface area contributed by atoms with E-state index in [0.717, 1.165) is 42.4 Å². The number of aromatic nitrogens is 1. The highest BCUT2D eigenvalue weighted by Crippen LogP contribution is 2.32. The van der Waals surface area contributed by atoms with Crippen molar-refractivity contribution in [3.05, 3.63) is 70.2 Å². The predicted octanol–water partition coefficient (Wildman–Crippen LogP) is 5.40. The van der Waals surface area contributed by atoms with E-state index < -0.39 is 0 Å². The highest BCUT2D eigenvalue weighted by atomic mass is 35.5. The van der Waals surface area contributed by atoms with Crippen LogP contribution in [-0.4, -0.2) is 46.5 Å². The number of likely N-dealkylation sites (tertiary alicyclic amines) is 1. The molecule has 0 saturated carbocycles. The Kier molecular flexibility index (Phi) is 7.13. The van der Waals surface area contributed by atoms with Crippen LogP contribution in [0.15, 0.2) is 64.6 Å². The van der Waals surface area contributed by atoms with Gasteiger partial charge in [0.15, 0.2) is 5.17 Å². The van der Waals surface area contributed by atoms with Gasteiger partial charge in [-0.25, -0.2) is 0 Å². The molecule has 2 aliphatic heterocycles. The van der Waals surface area contributed by atoms with Crippen LogP contribution < -0.4 is 10.6 Å². The minimum Gasteiger partial charge on any atom is -0.333 e. The molecule has 0 aliphatic carbocycles. The third-order valence-corrected chi connectivity index (χ3v) is 7.08. The van der Waals surface area contributed by atoms with Crippen LogP contribution in [0.1, 0.15) is 24.8 Å². The third-order valence-electron chi connectivity index (χ3n) is 5.85. The Hall–Kier alpha value is -3.20. The van der Waals surface area contributed by atoms with Gasteiger partial charge >= 0.3 is 0 Å².